The number of anilines is 1. The third kappa shape index (κ3) is 3.55. The van der Waals surface area contributed by atoms with Gasteiger partial charge in [-0.2, -0.15) is 0 Å². The average molecular weight is 251 g/mol. The van der Waals surface area contributed by atoms with Crippen LogP contribution in [-0.4, -0.2) is 49.2 Å². The highest BCUT2D eigenvalue weighted by Gasteiger charge is 2.22. The second kappa shape index (κ2) is 5.50. The number of benzene rings is 1. The second-order valence-corrected chi connectivity index (χ2v) is 5.49. The number of nitrogen functional groups attached to an aromatic ring is 1. The Hall–Kier alpha value is -1.39. The fourth-order valence-electron chi connectivity index (χ4n) is 1.96. The molecule has 4 nitrogen and oxygen atoms in total. The summed E-state index contributed by atoms with van der Waals surface area (Å²) in [6, 6.07) is 3.69. The van der Waals surface area contributed by atoms with E-state index in [1.165, 1.54) is 0 Å². The number of carbonyl (C=O) groups excluding carboxylic acids is 1. The van der Waals surface area contributed by atoms with E-state index in [9.17, 15) is 4.79 Å². The maximum Gasteiger partial charge on any atom is 0.217 e. The molecule has 0 spiro atoms. The van der Waals surface area contributed by atoms with Crippen LogP contribution in [0.2, 0.25) is 0 Å². The van der Waals surface area contributed by atoms with Crippen molar-refractivity contribution in [3.8, 4) is 0 Å². The molecule has 1 aromatic rings. The van der Waals surface area contributed by atoms with Gasteiger partial charge in [0.05, 0.1) is 20.7 Å². The molecular formula is C14H23N2O2+. The van der Waals surface area contributed by atoms with E-state index in [1.54, 1.807) is 0 Å². The number of rotatable bonds is 5. The van der Waals surface area contributed by atoms with Crippen LogP contribution in [0.25, 0.3) is 0 Å². The number of aliphatic hydroxyl groups is 1. The lowest BCUT2D eigenvalue weighted by Gasteiger charge is -2.28. The number of carbonyl (C=O) groups is 1. The van der Waals surface area contributed by atoms with E-state index in [0.29, 0.717) is 23.3 Å². The predicted octanol–water partition coefficient (Wildman–Crippen LogP) is 1.14. The number of aliphatic hydroxyl groups excluding tert-OH is 1. The van der Waals surface area contributed by atoms with Gasteiger partial charge in [0.1, 0.15) is 13.1 Å². The van der Waals surface area contributed by atoms with E-state index in [4.69, 9.17) is 10.8 Å². The summed E-state index contributed by atoms with van der Waals surface area (Å²) in [5.41, 5.74) is 9.10. The molecule has 0 saturated carbocycles. The Morgan fingerprint density at radius 1 is 1.28 bits per heavy atom. The number of nitrogens with two attached hydrogens (primary N) is 1. The highest BCUT2D eigenvalue weighted by atomic mass is 16.3. The van der Waals surface area contributed by atoms with Crippen LogP contribution in [0.1, 0.15) is 21.5 Å². The number of hydrogen-bond acceptors (Lipinski definition) is 3. The van der Waals surface area contributed by atoms with Crippen molar-refractivity contribution in [2.45, 2.75) is 13.8 Å². The van der Waals surface area contributed by atoms with Crippen LogP contribution in [0.15, 0.2) is 12.1 Å². The quantitative estimate of drug-likeness (QED) is 0.468. The Labute approximate surface area is 109 Å². The Morgan fingerprint density at radius 3 is 2.44 bits per heavy atom. The molecule has 3 N–H and O–H groups in total. The average Bonchev–Trinajstić information content (AvgIpc) is 2.22. The van der Waals surface area contributed by atoms with E-state index in [-0.39, 0.29) is 12.4 Å². The number of aryl methyl sites for hydroxylation is 2. The first-order valence-electron chi connectivity index (χ1n) is 6.09. The maximum atomic E-state index is 12.3. The first-order valence-corrected chi connectivity index (χ1v) is 6.09. The Bertz CT molecular complexity index is 453. The van der Waals surface area contributed by atoms with Crippen LogP contribution in [0.3, 0.4) is 0 Å². The third-order valence-corrected chi connectivity index (χ3v) is 3.19. The predicted molar refractivity (Wildman–Crippen MR) is 73.6 cm³/mol. The lowest BCUT2D eigenvalue weighted by Crippen LogP contribution is -2.45. The summed E-state index contributed by atoms with van der Waals surface area (Å²) in [6.45, 7) is 4.83. The highest BCUT2D eigenvalue weighted by Crippen LogP contribution is 2.19. The normalized spacial score (nSPS) is 11.6. The maximum absolute atomic E-state index is 12.3. The summed E-state index contributed by atoms with van der Waals surface area (Å²) in [4.78, 5) is 12.3. The van der Waals surface area contributed by atoms with Gasteiger partial charge in [-0.3, -0.25) is 4.79 Å². The summed E-state index contributed by atoms with van der Waals surface area (Å²) in [6.07, 6.45) is 0. The van der Waals surface area contributed by atoms with Gasteiger partial charge in [-0.15, -0.1) is 0 Å². The molecule has 1 rings (SSSR count). The van der Waals surface area contributed by atoms with Crippen molar-refractivity contribution in [3.63, 3.8) is 0 Å². The molecule has 0 saturated heterocycles. The molecule has 0 aliphatic rings. The first kappa shape index (κ1) is 14.7. The van der Waals surface area contributed by atoms with Crippen LogP contribution >= 0.6 is 0 Å². The molecular weight excluding hydrogens is 228 g/mol. The molecule has 0 bridgehead atoms. The molecule has 0 aliphatic carbocycles. The molecule has 0 heterocycles. The van der Waals surface area contributed by atoms with Gasteiger partial charge in [-0.05, 0) is 37.1 Å². The minimum absolute atomic E-state index is 0.0834. The van der Waals surface area contributed by atoms with Crippen LogP contribution in [0, 0.1) is 13.8 Å². The van der Waals surface area contributed by atoms with Gasteiger partial charge in [0.25, 0.3) is 0 Å². The van der Waals surface area contributed by atoms with Crippen molar-refractivity contribution < 1.29 is 14.4 Å². The zero-order chi connectivity index (χ0) is 13.9. The molecule has 0 aliphatic heterocycles. The minimum atomic E-state index is 0.0834. The number of likely N-dealkylation sites (N-methyl/N-ethyl adjacent to an activating group) is 1. The summed E-state index contributed by atoms with van der Waals surface area (Å²) in [7, 11) is 3.88. The van der Waals surface area contributed by atoms with E-state index in [0.717, 1.165) is 16.7 Å². The molecule has 0 radical (unpaired) electrons. The molecule has 18 heavy (non-hydrogen) atoms. The van der Waals surface area contributed by atoms with E-state index >= 15 is 0 Å². The first-order chi connectivity index (χ1) is 8.26. The van der Waals surface area contributed by atoms with Gasteiger partial charge in [0.2, 0.25) is 5.78 Å². The fraction of sp³-hybridized carbons (Fsp3) is 0.500. The molecule has 0 unspecified atom stereocenters. The van der Waals surface area contributed by atoms with Gasteiger partial charge >= 0.3 is 0 Å². The number of quaternary nitrogens is 1. The van der Waals surface area contributed by atoms with Gasteiger partial charge < -0.3 is 15.3 Å². The van der Waals surface area contributed by atoms with E-state index in [2.05, 4.69) is 0 Å². The molecule has 4 heteroatoms. The highest BCUT2D eigenvalue weighted by molar-refractivity contribution is 5.99. The molecule has 0 amide bonds. The Kier molecular flexibility index (Phi) is 4.48. The number of hydrogen-bond donors (Lipinski definition) is 2. The van der Waals surface area contributed by atoms with Crippen LogP contribution in [0.5, 0.6) is 0 Å². The van der Waals surface area contributed by atoms with Crippen molar-refractivity contribution >= 4 is 11.5 Å². The molecule has 0 atom stereocenters. The molecule has 0 aromatic heterocycles. The van der Waals surface area contributed by atoms with Crippen molar-refractivity contribution in [1.29, 1.82) is 0 Å². The van der Waals surface area contributed by atoms with Gasteiger partial charge in [-0.1, -0.05) is 0 Å². The monoisotopic (exact) mass is 251 g/mol. The Balaban J connectivity index is 2.95. The van der Waals surface area contributed by atoms with Crippen LogP contribution in [-0.2, 0) is 0 Å². The Morgan fingerprint density at radius 2 is 1.89 bits per heavy atom. The van der Waals surface area contributed by atoms with Crippen molar-refractivity contribution in [1.82, 2.24) is 0 Å². The van der Waals surface area contributed by atoms with Gasteiger partial charge in [-0.25, -0.2) is 0 Å². The molecule has 0 fully saturated rings. The summed E-state index contributed by atoms with van der Waals surface area (Å²) < 4.78 is 0.484. The third-order valence-electron chi connectivity index (χ3n) is 3.19. The standard InChI is InChI=1S/C14H22N2O2/c1-10-8-13(15)11(2)7-12(10)14(18)9-16(3,4)5-6-17/h7-8,17H,5-6,9H2,1-4H3,(H-,15,18)/p+1. The largest absolute Gasteiger partial charge is 0.399 e. The molecule has 100 valence electrons. The lowest BCUT2D eigenvalue weighted by molar-refractivity contribution is -0.882. The number of Topliss-reactive ketones (excluding diaryl/α,β-unsaturated/α-hetero) is 1. The number of ketones is 1. The van der Waals surface area contributed by atoms with Crippen molar-refractivity contribution in [3.05, 3.63) is 28.8 Å². The van der Waals surface area contributed by atoms with Crippen molar-refractivity contribution in [2.24, 2.45) is 0 Å². The topological polar surface area (TPSA) is 63.3 Å². The second-order valence-electron chi connectivity index (χ2n) is 5.49. The van der Waals surface area contributed by atoms with Crippen LogP contribution < -0.4 is 5.73 Å². The summed E-state index contributed by atoms with van der Waals surface area (Å²) in [5, 5.41) is 8.98. The van der Waals surface area contributed by atoms with Gasteiger partial charge in [0.15, 0.2) is 0 Å². The zero-order valence-electron chi connectivity index (χ0n) is 11.7. The minimum Gasteiger partial charge on any atom is -0.399 e. The van der Waals surface area contributed by atoms with Crippen LogP contribution in [0.4, 0.5) is 5.69 Å². The lowest BCUT2D eigenvalue weighted by atomic mass is 10.00. The smallest absolute Gasteiger partial charge is 0.217 e. The summed E-state index contributed by atoms with van der Waals surface area (Å²) in [5.74, 6) is 0.0917. The molecule has 1 aromatic carbocycles. The van der Waals surface area contributed by atoms with Gasteiger partial charge in [0, 0.05) is 11.3 Å². The van der Waals surface area contributed by atoms with E-state index < -0.39 is 0 Å². The fourth-order valence-corrected chi connectivity index (χ4v) is 1.96. The van der Waals surface area contributed by atoms with E-state index in [1.807, 2.05) is 40.1 Å². The van der Waals surface area contributed by atoms with Crippen molar-refractivity contribution in [2.75, 3.05) is 39.5 Å². The number of nitrogens with zero attached hydrogens (tertiary/aromatic N) is 1. The zero-order valence-corrected chi connectivity index (χ0v) is 11.7. The summed E-state index contributed by atoms with van der Waals surface area (Å²) >= 11 is 0. The SMILES string of the molecule is Cc1cc(C(=O)C[N+](C)(C)CCO)c(C)cc1N.